The summed E-state index contributed by atoms with van der Waals surface area (Å²) >= 11 is 0. The molecule has 0 aliphatic carbocycles. The maximum atomic E-state index is 12.2. The Hall–Kier alpha value is -3.48. The van der Waals surface area contributed by atoms with Crippen LogP contribution in [0.1, 0.15) is 21.6 Å². The molecule has 0 unspecified atom stereocenters. The highest BCUT2D eigenvalue weighted by atomic mass is 16.6. The fourth-order valence-corrected chi connectivity index (χ4v) is 2.75. The molecule has 0 aliphatic heterocycles. The molecule has 0 spiro atoms. The molecule has 0 saturated heterocycles. The normalized spacial score (nSPS) is 11.1. The lowest BCUT2D eigenvalue weighted by Gasteiger charge is -2.01. The van der Waals surface area contributed by atoms with Crippen LogP contribution >= 0.6 is 0 Å². The summed E-state index contributed by atoms with van der Waals surface area (Å²) in [6.07, 6.45) is 1.56. The minimum atomic E-state index is -0.624. The van der Waals surface area contributed by atoms with Crippen LogP contribution in [0.3, 0.4) is 0 Å². The first-order chi connectivity index (χ1) is 12.0. The molecule has 1 aromatic heterocycles. The second-order valence-corrected chi connectivity index (χ2v) is 5.55. The van der Waals surface area contributed by atoms with Gasteiger partial charge in [0, 0.05) is 35.3 Å². The topological polar surface area (TPSA) is 89.5 Å². The summed E-state index contributed by atoms with van der Waals surface area (Å²) in [5.41, 5.74) is 5.03. The number of aryl methyl sites for hydroxylation is 1. The monoisotopic (exact) mass is 336 g/mol. The summed E-state index contributed by atoms with van der Waals surface area (Å²) in [5.74, 6) is -0.624. The third kappa shape index (κ3) is 2.99. The quantitative estimate of drug-likeness (QED) is 0.451. The molecule has 3 aromatic rings. The Bertz CT molecular complexity index is 1000. The van der Waals surface area contributed by atoms with Gasteiger partial charge in [0.05, 0.1) is 11.1 Å². The molecular formula is C18H16N4O3. The summed E-state index contributed by atoms with van der Waals surface area (Å²) in [5, 5.41) is 16.0. The number of nitrogens with one attached hydrogen (secondary N) is 1. The highest BCUT2D eigenvalue weighted by Gasteiger charge is 2.18. The predicted molar refractivity (Wildman–Crippen MR) is 95.8 cm³/mol. The summed E-state index contributed by atoms with van der Waals surface area (Å²) in [6.45, 7) is 1.96. The molecule has 1 N–H and O–H groups in total. The zero-order valence-corrected chi connectivity index (χ0v) is 13.8. The second kappa shape index (κ2) is 6.56. The molecule has 0 saturated carbocycles. The number of nitrogens with zero attached hydrogens (tertiary/aromatic N) is 3. The van der Waals surface area contributed by atoms with Crippen LogP contribution in [-0.2, 0) is 7.05 Å². The van der Waals surface area contributed by atoms with Crippen LogP contribution in [-0.4, -0.2) is 21.6 Å². The first-order valence-corrected chi connectivity index (χ1v) is 7.61. The van der Waals surface area contributed by atoms with E-state index in [0.717, 1.165) is 22.2 Å². The number of aromatic nitrogens is 1. The minimum absolute atomic E-state index is 0.0284. The zero-order valence-electron chi connectivity index (χ0n) is 13.8. The standard InChI is InChI=1S/C18H16N4O3/c1-12-15(13-7-3-5-9-16(13)21(12)2)11-19-20-18(23)14-8-4-6-10-17(14)22(24)25/h3-11H,1-2H3,(H,20,23)/b19-11-. The van der Waals surface area contributed by atoms with Crippen molar-refractivity contribution in [3.63, 3.8) is 0 Å². The smallest absolute Gasteiger partial charge is 0.282 e. The van der Waals surface area contributed by atoms with E-state index in [4.69, 9.17) is 0 Å². The van der Waals surface area contributed by atoms with E-state index in [-0.39, 0.29) is 11.3 Å². The van der Waals surface area contributed by atoms with Gasteiger partial charge in [-0.05, 0) is 19.1 Å². The Kier molecular flexibility index (Phi) is 4.30. The van der Waals surface area contributed by atoms with E-state index in [1.165, 1.54) is 18.2 Å². The SMILES string of the molecule is Cc1c(/C=N\NC(=O)c2ccccc2[N+](=O)[O-])c2ccccc2n1C. The lowest BCUT2D eigenvalue weighted by Crippen LogP contribution is -2.19. The van der Waals surface area contributed by atoms with Crippen LogP contribution in [0.5, 0.6) is 0 Å². The summed E-state index contributed by atoms with van der Waals surface area (Å²) in [4.78, 5) is 22.6. The number of carbonyl (C=O) groups is 1. The number of nitro groups is 1. The summed E-state index contributed by atoms with van der Waals surface area (Å²) in [7, 11) is 1.96. The van der Waals surface area contributed by atoms with Crippen molar-refractivity contribution in [2.45, 2.75) is 6.92 Å². The van der Waals surface area contributed by atoms with Crippen LogP contribution in [0.15, 0.2) is 53.6 Å². The van der Waals surface area contributed by atoms with Crippen LogP contribution in [0.2, 0.25) is 0 Å². The predicted octanol–water partition coefficient (Wildman–Crippen LogP) is 3.16. The van der Waals surface area contributed by atoms with E-state index in [0.29, 0.717) is 0 Å². The Morgan fingerprint density at radius 3 is 2.64 bits per heavy atom. The molecule has 0 aliphatic rings. The molecule has 126 valence electrons. The largest absolute Gasteiger partial charge is 0.347 e. The van der Waals surface area contributed by atoms with E-state index in [1.807, 2.05) is 42.8 Å². The van der Waals surface area contributed by atoms with Gasteiger partial charge in [0.15, 0.2) is 0 Å². The van der Waals surface area contributed by atoms with Crippen molar-refractivity contribution in [1.29, 1.82) is 0 Å². The second-order valence-electron chi connectivity index (χ2n) is 5.55. The van der Waals surface area contributed by atoms with Crippen LogP contribution in [0.25, 0.3) is 10.9 Å². The number of amides is 1. The molecule has 2 aromatic carbocycles. The molecule has 7 heteroatoms. The minimum Gasteiger partial charge on any atom is -0.347 e. The van der Waals surface area contributed by atoms with E-state index >= 15 is 0 Å². The van der Waals surface area contributed by atoms with E-state index < -0.39 is 10.8 Å². The van der Waals surface area contributed by atoms with Crippen LogP contribution in [0.4, 0.5) is 5.69 Å². The number of carbonyl (C=O) groups excluding carboxylic acids is 1. The van der Waals surface area contributed by atoms with E-state index in [9.17, 15) is 14.9 Å². The number of benzene rings is 2. The Labute approximate surface area is 143 Å². The van der Waals surface area contributed by atoms with Crippen molar-refractivity contribution in [2.75, 3.05) is 0 Å². The number of rotatable bonds is 4. The van der Waals surface area contributed by atoms with Gasteiger partial charge < -0.3 is 4.57 Å². The average Bonchev–Trinajstić information content (AvgIpc) is 2.86. The first-order valence-electron chi connectivity index (χ1n) is 7.61. The lowest BCUT2D eigenvalue weighted by atomic mass is 10.1. The highest BCUT2D eigenvalue weighted by Crippen LogP contribution is 2.23. The summed E-state index contributed by atoms with van der Waals surface area (Å²) in [6, 6.07) is 13.6. The molecule has 1 heterocycles. The van der Waals surface area contributed by atoms with Gasteiger partial charge in [0.1, 0.15) is 5.56 Å². The molecule has 0 fully saturated rings. The maximum absolute atomic E-state index is 12.2. The number of hydrogen-bond donors (Lipinski definition) is 1. The van der Waals surface area contributed by atoms with Crippen molar-refractivity contribution in [1.82, 2.24) is 9.99 Å². The fraction of sp³-hybridized carbons (Fsp3) is 0.111. The molecule has 1 amide bonds. The zero-order chi connectivity index (χ0) is 18.0. The van der Waals surface area contributed by atoms with Gasteiger partial charge in [-0.3, -0.25) is 14.9 Å². The maximum Gasteiger partial charge on any atom is 0.282 e. The third-order valence-corrected chi connectivity index (χ3v) is 4.15. The molecular weight excluding hydrogens is 320 g/mol. The van der Waals surface area contributed by atoms with Crippen molar-refractivity contribution < 1.29 is 9.72 Å². The van der Waals surface area contributed by atoms with Crippen molar-refractivity contribution in [3.05, 3.63) is 75.5 Å². The number of para-hydroxylation sites is 2. The van der Waals surface area contributed by atoms with Crippen molar-refractivity contribution in [2.24, 2.45) is 12.1 Å². The number of hydrogen-bond acceptors (Lipinski definition) is 4. The van der Waals surface area contributed by atoms with Crippen LogP contribution in [0, 0.1) is 17.0 Å². The summed E-state index contributed by atoms with van der Waals surface area (Å²) < 4.78 is 2.04. The molecule has 0 atom stereocenters. The molecule has 3 rings (SSSR count). The van der Waals surface area contributed by atoms with E-state index in [2.05, 4.69) is 10.5 Å². The highest BCUT2D eigenvalue weighted by molar-refractivity contribution is 6.02. The number of nitro benzene ring substituents is 1. The number of fused-ring (bicyclic) bond motifs is 1. The van der Waals surface area contributed by atoms with Crippen molar-refractivity contribution in [3.8, 4) is 0 Å². The van der Waals surface area contributed by atoms with Gasteiger partial charge >= 0.3 is 0 Å². The lowest BCUT2D eigenvalue weighted by molar-refractivity contribution is -0.385. The van der Waals surface area contributed by atoms with Crippen molar-refractivity contribution >= 4 is 28.7 Å². The Morgan fingerprint density at radius 1 is 1.20 bits per heavy atom. The van der Waals surface area contributed by atoms with Gasteiger partial charge in [-0.2, -0.15) is 5.10 Å². The fourth-order valence-electron chi connectivity index (χ4n) is 2.75. The Morgan fingerprint density at radius 2 is 1.88 bits per heavy atom. The van der Waals surface area contributed by atoms with Gasteiger partial charge in [-0.25, -0.2) is 5.43 Å². The number of hydrazone groups is 1. The average molecular weight is 336 g/mol. The Balaban J connectivity index is 1.87. The van der Waals surface area contributed by atoms with E-state index in [1.54, 1.807) is 12.3 Å². The molecule has 0 bridgehead atoms. The molecule has 25 heavy (non-hydrogen) atoms. The van der Waals surface area contributed by atoms with Crippen LogP contribution < -0.4 is 5.43 Å². The van der Waals surface area contributed by atoms with Gasteiger partial charge in [-0.1, -0.05) is 30.3 Å². The molecule has 0 radical (unpaired) electrons. The van der Waals surface area contributed by atoms with Gasteiger partial charge in [0.2, 0.25) is 0 Å². The third-order valence-electron chi connectivity index (χ3n) is 4.15. The van der Waals surface area contributed by atoms with Gasteiger partial charge in [-0.15, -0.1) is 0 Å². The van der Waals surface area contributed by atoms with Gasteiger partial charge in [0.25, 0.3) is 11.6 Å². The first kappa shape index (κ1) is 16.4. The molecule has 7 nitrogen and oxygen atoms in total.